The van der Waals surface area contributed by atoms with Crippen molar-refractivity contribution in [3.63, 3.8) is 0 Å². The summed E-state index contributed by atoms with van der Waals surface area (Å²) in [6.07, 6.45) is 3.46. The Labute approximate surface area is 203 Å². The maximum Gasteiger partial charge on any atom is 0.373 e. The summed E-state index contributed by atoms with van der Waals surface area (Å²) in [6.45, 7) is 5.72. The van der Waals surface area contributed by atoms with Crippen LogP contribution in [0, 0.1) is 5.82 Å². The van der Waals surface area contributed by atoms with Crippen LogP contribution in [0.2, 0.25) is 0 Å². The number of carboxylic acid groups (broad SMARTS) is 1. The number of carbonyl (C=O) groups excluding carboxylic acids is 1. The Balaban J connectivity index is 1.87. The molecule has 0 aromatic heterocycles. The van der Waals surface area contributed by atoms with Crippen LogP contribution in [0.15, 0.2) is 59.9 Å². The number of benzene rings is 2. The van der Waals surface area contributed by atoms with Gasteiger partial charge in [0.15, 0.2) is 5.71 Å². The van der Waals surface area contributed by atoms with Gasteiger partial charge in [-0.1, -0.05) is 25.5 Å². The third-order valence-corrected chi connectivity index (χ3v) is 6.84. The molecule has 35 heavy (non-hydrogen) atoms. The molecule has 0 fully saturated rings. The molecule has 0 spiro atoms. The number of ketones is 1. The van der Waals surface area contributed by atoms with Gasteiger partial charge in [-0.05, 0) is 50.1 Å². The number of fused-ring (bicyclic) bond motifs is 1. The molecule has 0 amide bonds. The van der Waals surface area contributed by atoms with E-state index in [9.17, 15) is 24.2 Å². The summed E-state index contributed by atoms with van der Waals surface area (Å²) in [6, 6.07) is 10.2. The lowest BCUT2D eigenvalue weighted by atomic mass is 9.77. The lowest BCUT2D eigenvalue weighted by molar-refractivity contribution is -0.471. The van der Waals surface area contributed by atoms with Gasteiger partial charge in [0.25, 0.3) is 6.04 Å². The van der Waals surface area contributed by atoms with Gasteiger partial charge in [0.1, 0.15) is 17.3 Å². The monoisotopic (exact) mass is 478 g/mol. The van der Waals surface area contributed by atoms with E-state index in [0.29, 0.717) is 41.1 Å². The SMILES string of the molecule is CCCCC(C(=O)O)[N+]1=C(/C=C2/C(=O)C(c3ccc(OC)cc3)=C2O)C(C)(C)c2cc(F)ccc21. The normalized spacial score (nSPS) is 18.5. The van der Waals surface area contributed by atoms with Gasteiger partial charge in [0.2, 0.25) is 11.5 Å². The van der Waals surface area contributed by atoms with E-state index in [1.807, 2.05) is 20.8 Å². The van der Waals surface area contributed by atoms with Crippen molar-refractivity contribution >= 4 is 28.7 Å². The number of aliphatic hydroxyl groups excluding tert-OH is 1. The molecule has 2 aromatic carbocycles. The largest absolute Gasteiger partial charge is 0.506 e. The molecule has 6 nitrogen and oxygen atoms in total. The Kier molecular flexibility index (Phi) is 6.36. The zero-order chi connectivity index (χ0) is 25.5. The fraction of sp³-hybridized carbons (Fsp3) is 0.321. The van der Waals surface area contributed by atoms with Gasteiger partial charge >= 0.3 is 5.97 Å². The summed E-state index contributed by atoms with van der Waals surface area (Å²) < 4.78 is 21.0. The summed E-state index contributed by atoms with van der Waals surface area (Å²) in [7, 11) is 1.54. The lowest BCUT2D eigenvalue weighted by Gasteiger charge is -2.23. The Morgan fingerprint density at radius 3 is 2.46 bits per heavy atom. The molecule has 0 bridgehead atoms. The molecule has 1 aliphatic heterocycles. The lowest BCUT2D eigenvalue weighted by Crippen LogP contribution is -2.37. The topological polar surface area (TPSA) is 86.8 Å². The molecule has 1 aliphatic carbocycles. The Morgan fingerprint density at radius 1 is 1.20 bits per heavy atom. The van der Waals surface area contributed by atoms with Crippen LogP contribution in [0.5, 0.6) is 5.75 Å². The zero-order valence-electron chi connectivity index (χ0n) is 20.3. The molecule has 2 aliphatic rings. The average molecular weight is 479 g/mol. The fourth-order valence-corrected chi connectivity index (χ4v) is 4.85. The molecule has 2 N–H and O–H groups in total. The van der Waals surface area contributed by atoms with E-state index in [1.54, 1.807) is 48.1 Å². The highest BCUT2D eigenvalue weighted by molar-refractivity contribution is 6.40. The van der Waals surface area contributed by atoms with E-state index < -0.39 is 23.2 Å². The number of carboxylic acids is 1. The van der Waals surface area contributed by atoms with Gasteiger partial charge in [0, 0.05) is 24.1 Å². The molecule has 182 valence electrons. The highest BCUT2D eigenvalue weighted by Gasteiger charge is 2.50. The molecule has 1 atom stereocenters. The van der Waals surface area contributed by atoms with Crippen molar-refractivity contribution in [1.29, 1.82) is 0 Å². The van der Waals surface area contributed by atoms with Crippen LogP contribution in [0.25, 0.3) is 5.57 Å². The number of halogens is 1. The summed E-state index contributed by atoms with van der Waals surface area (Å²) >= 11 is 0. The number of aliphatic carboxylic acids is 1. The van der Waals surface area contributed by atoms with Crippen LogP contribution in [-0.4, -0.2) is 45.4 Å². The summed E-state index contributed by atoms with van der Waals surface area (Å²) in [4.78, 5) is 25.4. The van der Waals surface area contributed by atoms with E-state index in [1.165, 1.54) is 12.1 Å². The number of methoxy groups -OCH3 is 1. The van der Waals surface area contributed by atoms with Crippen LogP contribution in [-0.2, 0) is 15.0 Å². The van der Waals surface area contributed by atoms with Gasteiger partial charge in [-0.25, -0.2) is 9.18 Å². The molecule has 0 saturated carbocycles. The standard InChI is InChI=1S/C28H28FNO5/c1-5-6-7-22(27(33)34)30-21-13-10-17(29)14-20(21)28(2,3)23(30)15-19-25(31)24(26(19)32)16-8-11-18(35-4)12-9-16/h8-15,22H,5-7H2,1-4H3,(H-,31,32,33,34)/p+1. The molecule has 7 heteroatoms. The molecular weight excluding hydrogens is 449 g/mol. The number of ether oxygens (including phenoxy) is 1. The Hall–Kier alpha value is -3.74. The second-order valence-electron chi connectivity index (χ2n) is 9.38. The first-order valence-electron chi connectivity index (χ1n) is 11.7. The fourth-order valence-electron chi connectivity index (χ4n) is 4.85. The van der Waals surface area contributed by atoms with Crippen LogP contribution in [0.4, 0.5) is 10.1 Å². The first kappa shape index (κ1) is 24.4. The first-order valence-corrected chi connectivity index (χ1v) is 11.7. The maximum absolute atomic E-state index is 14.2. The van der Waals surface area contributed by atoms with E-state index in [0.717, 1.165) is 6.42 Å². The number of aliphatic hydroxyl groups is 1. The van der Waals surface area contributed by atoms with Gasteiger partial charge < -0.3 is 14.9 Å². The number of hydrogen-bond donors (Lipinski definition) is 2. The average Bonchev–Trinajstić information content (AvgIpc) is 3.04. The predicted molar refractivity (Wildman–Crippen MR) is 131 cm³/mol. The minimum Gasteiger partial charge on any atom is -0.506 e. The number of hydrogen-bond acceptors (Lipinski definition) is 4. The molecule has 1 heterocycles. The van der Waals surface area contributed by atoms with Crippen molar-refractivity contribution in [2.75, 3.05) is 7.11 Å². The Bertz CT molecular complexity index is 1300. The molecule has 0 radical (unpaired) electrons. The molecular formula is C28H29FNO5+. The Morgan fingerprint density at radius 2 is 1.89 bits per heavy atom. The zero-order valence-corrected chi connectivity index (χ0v) is 20.3. The van der Waals surface area contributed by atoms with E-state index >= 15 is 0 Å². The second kappa shape index (κ2) is 9.13. The van der Waals surface area contributed by atoms with Crippen LogP contribution >= 0.6 is 0 Å². The van der Waals surface area contributed by atoms with Crippen LogP contribution in [0.3, 0.4) is 0 Å². The van der Waals surface area contributed by atoms with E-state index in [2.05, 4.69) is 0 Å². The number of allylic oxidation sites excluding steroid dienone is 3. The minimum atomic E-state index is -0.999. The van der Waals surface area contributed by atoms with Gasteiger partial charge in [0.05, 0.1) is 23.7 Å². The number of nitrogens with zero attached hydrogens (tertiary/aromatic N) is 1. The second-order valence-corrected chi connectivity index (χ2v) is 9.38. The van der Waals surface area contributed by atoms with Crippen LogP contribution in [0.1, 0.15) is 51.2 Å². The third kappa shape index (κ3) is 4.05. The van der Waals surface area contributed by atoms with Crippen molar-refractivity contribution in [3.05, 3.63) is 76.8 Å². The first-order chi connectivity index (χ1) is 16.6. The summed E-state index contributed by atoms with van der Waals surface area (Å²) in [5, 5.41) is 20.9. The van der Waals surface area contributed by atoms with Crippen LogP contribution < -0.4 is 4.74 Å². The van der Waals surface area contributed by atoms with Crippen molar-refractivity contribution in [2.24, 2.45) is 0 Å². The van der Waals surface area contributed by atoms with Crippen molar-refractivity contribution in [3.8, 4) is 5.75 Å². The van der Waals surface area contributed by atoms with Gasteiger partial charge in [-0.2, -0.15) is 4.58 Å². The van der Waals surface area contributed by atoms with Gasteiger partial charge in [-0.3, -0.25) is 4.79 Å². The van der Waals surface area contributed by atoms with Gasteiger partial charge in [-0.15, -0.1) is 0 Å². The number of Topliss-reactive ketones (excluding diaryl/α,β-unsaturated/α-hetero) is 1. The highest BCUT2D eigenvalue weighted by Crippen LogP contribution is 2.44. The maximum atomic E-state index is 14.2. The molecule has 1 unspecified atom stereocenters. The minimum absolute atomic E-state index is 0.108. The molecule has 2 aromatic rings. The van der Waals surface area contributed by atoms with Crippen molar-refractivity contribution < 1.29 is 33.5 Å². The third-order valence-electron chi connectivity index (χ3n) is 6.84. The number of carbonyl (C=O) groups is 2. The number of unbranched alkanes of at least 4 members (excludes halogenated alkanes) is 1. The predicted octanol–water partition coefficient (Wildman–Crippen LogP) is 5.33. The van der Waals surface area contributed by atoms with Crippen molar-refractivity contribution in [1.82, 2.24) is 0 Å². The van der Waals surface area contributed by atoms with E-state index in [-0.39, 0.29) is 22.7 Å². The van der Waals surface area contributed by atoms with E-state index in [4.69, 9.17) is 4.74 Å². The molecule has 4 rings (SSSR count). The summed E-state index contributed by atoms with van der Waals surface area (Å²) in [5.74, 6) is -1.27. The number of rotatable bonds is 8. The van der Waals surface area contributed by atoms with Crippen molar-refractivity contribution in [2.45, 2.75) is 51.5 Å². The quantitative estimate of drug-likeness (QED) is 0.396. The highest BCUT2D eigenvalue weighted by atomic mass is 19.1. The smallest absolute Gasteiger partial charge is 0.373 e. The summed E-state index contributed by atoms with van der Waals surface area (Å²) in [5.41, 5.74) is 1.85. The molecule has 0 saturated heterocycles.